The van der Waals surface area contributed by atoms with E-state index >= 15 is 0 Å². The first kappa shape index (κ1) is 25.5. The van der Waals surface area contributed by atoms with E-state index in [1.807, 2.05) is 20.8 Å². The van der Waals surface area contributed by atoms with E-state index in [-0.39, 0.29) is 48.6 Å². The topological polar surface area (TPSA) is 102 Å². The predicted molar refractivity (Wildman–Crippen MR) is 126 cm³/mol. The Morgan fingerprint density at radius 1 is 0.971 bits per heavy atom. The van der Waals surface area contributed by atoms with Gasteiger partial charge in [-0.1, -0.05) is 17.7 Å². The number of hydrogen-bond acceptors (Lipinski definition) is 7. The van der Waals surface area contributed by atoms with E-state index < -0.39 is 22.6 Å². The maximum absolute atomic E-state index is 12.8. The highest BCUT2D eigenvalue weighted by Crippen LogP contribution is 2.29. The first-order valence-electron chi connectivity index (χ1n) is 11.0. The monoisotopic (exact) mass is 490 g/mol. The molecule has 3 rings (SSSR count). The molecular formula is C24H30N2O7S. The molecule has 9 nitrogen and oxygen atoms in total. The van der Waals surface area contributed by atoms with Gasteiger partial charge in [0.1, 0.15) is 0 Å². The SMILES string of the molecule is COc1cc(C(=O)OCC(=O)N2CCN(S(=O)(=O)c3ccc(C)cc3)CC2)ccc1OC(C)C. The van der Waals surface area contributed by atoms with E-state index in [0.717, 1.165) is 5.56 Å². The highest BCUT2D eigenvalue weighted by atomic mass is 32.2. The Morgan fingerprint density at radius 3 is 2.21 bits per heavy atom. The number of piperazine rings is 1. The summed E-state index contributed by atoms with van der Waals surface area (Å²) >= 11 is 0. The zero-order valence-corrected chi connectivity index (χ0v) is 20.6. The number of nitrogens with zero attached hydrogens (tertiary/aromatic N) is 2. The molecule has 1 saturated heterocycles. The van der Waals surface area contributed by atoms with Crippen LogP contribution in [0.25, 0.3) is 0 Å². The molecule has 2 aromatic carbocycles. The van der Waals surface area contributed by atoms with Crippen LogP contribution in [-0.2, 0) is 19.6 Å². The van der Waals surface area contributed by atoms with Crippen LogP contribution in [0.4, 0.5) is 0 Å². The molecule has 1 aliphatic heterocycles. The number of benzene rings is 2. The van der Waals surface area contributed by atoms with Crippen molar-refractivity contribution in [2.45, 2.75) is 31.8 Å². The number of ether oxygens (including phenoxy) is 3. The van der Waals surface area contributed by atoms with E-state index in [4.69, 9.17) is 14.2 Å². The van der Waals surface area contributed by atoms with Crippen molar-refractivity contribution in [3.63, 3.8) is 0 Å². The van der Waals surface area contributed by atoms with Crippen molar-refractivity contribution in [3.05, 3.63) is 53.6 Å². The van der Waals surface area contributed by atoms with E-state index in [0.29, 0.717) is 11.5 Å². The zero-order valence-electron chi connectivity index (χ0n) is 19.8. The second-order valence-electron chi connectivity index (χ2n) is 8.21. The summed E-state index contributed by atoms with van der Waals surface area (Å²) in [5.41, 5.74) is 1.21. The summed E-state index contributed by atoms with van der Waals surface area (Å²) in [5, 5.41) is 0. The normalized spacial score (nSPS) is 14.7. The lowest BCUT2D eigenvalue weighted by Gasteiger charge is -2.33. The summed E-state index contributed by atoms with van der Waals surface area (Å²) in [6.45, 7) is 5.99. The molecule has 0 spiro atoms. The van der Waals surface area contributed by atoms with Crippen LogP contribution in [0, 0.1) is 6.92 Å². The minimum atomic E-state index is -3.62. The minimum absolute atomic E-state index is 0.0586. The van der Waals surface area contributed by atoms with Crippen molar-refractivity contribution in [2.24, 2.45) is 0 Å². The third-order valence-corrected chi connectivity index (χ3v) is 7.25. The average molecular weight is 491 g/mol. The van der Waals surface area contributed by atoms with Gasteiger partial charge in [0.05, 0.1) is 23.7 Å². The fourth-order valence-corrected chi connectivity index (χ4v) is 4.91. The Hall–Kier alpha value is -3.11. The van der Waals surface area contributed by atoms with Crippen molar-refractivity contribution >= 4 is 21.9 Å². The van der Waals surface area contributed by atoms with E-state index in [2.05, 4.69) is 0 Å². The summed E-state index contributed by atoms with van der Waals surface area (Å²) in [6.07, 6.45) is -0.0586. The molecular weight excluding hydrogens is 460 g/mol. The van der Waals surface area contributed by atoms with Crippen LogP contribution in [-0.4, -0.2) is 75.5 Å². The number of esters is 1. The molecule has 10 heteroatoms. The van der Waals surface area contributed by atoms with Gasteiger partial charge in [0.25, 0.3) is 5.91 Å². The Bertz CT molecular complexity index is 1120. The molecule has 1 heterocycles. The number of hydrogen-bond donors (Lipinski definition) is 0. The predicted octanol–water partition coefficient (Wildman–Crippen LogP) is 2.48. The van der Waals surface area contributed by atoms with Gasteiger partial charge in [-0.3, -0.25) is 4.79 Å². The molecule has 1 amide bonds. The highest BCUT2D eigenvalue weighted by Gasteiger charge is 2.30. The van der Waals surface area contributed by atoms with Gasteiger partial charge < -0.3 is 19.1 Å². The summed E-state index contributed by atoms with van der Waals surface area (Å²) in [4.78, 5) is 26.7. The summed E-state index contributed by atoms with van der Waals surface area (Å²) in [7, 11) is -2.15. The van der Waals surface area contributed by atoms with E-state index in [9.17, 15) is 18.0 Å². The molecule has 1 fully saturated rings. The molecule has 0 unspecified atom stereocenters. The molecule has 184 valence electrons. The molecule has 0 N–H and O–H groups in total. The number of rotatable bonds is 8. The van der Waals surface area contributed by atoms with Crippen LogP contribution in [0.5, 0.6) is 11.5 Å². The molecule has 34 heavy (non-hydrogen) atoms. The van der Waals surface area contributed by atoms with Gasteiger partial charge in [-0.25, -0.2) is 13.2 Å². The first-order chi connectivity index (χ1) is 16.1. The third-order valence-electron chi connectivity index (χ3n) is 5.34. The van der Waals surface area contributed by atoms with Crippen molar-refractivity contribution in [1.82, 2.24) is 9.21 Å². The summed E-state index contributed by atoms with van der Waals surface area (Å²) in [5.74, 6) is -0.153. The Balaban J connectivity index is 1.53. The molecule has 0 saturated carbocycles. The number of carbonyl (C=O) groups excluding carboxylic acids is 2. The molecule has 0 aliphatic carbocycles. The molecule has 0 radical (unpaired) electrons. The number of methoxy groups -OCH3 is 1. The van der Waals surface area contributed by atoms with Gasteiger partial charge in [-0.2, -0.15) is 4.31 Å². The quantitative estimate of drug-likeness (QED) is 0.524. The second-order valence-corrected chi connectivity index (χ2v) is 10.1. The van der Waals surface area contributed by atoms with Crippen LogP contribution in [0.3, 0.4) is 0 Å². The van der Waals surface area contributed by atoms with Crippen molar-refractivity contribution in [3.8, 4) is 11.5 Å². The maximum Gasteiger partial charge on any atom is 0.338 e. The van der Waals surface area contributed by atoms with E-state index in [1.165, 1.54) is 22.4 Å². The largest absolute Gasteiger partial charge is 0.493 e. The van der Waals surface area contributed by atoms with E-state index in [1.54, 1.807) is 36.4 Å². The van der Waals surface area contributed by atoms with Crippen LogP contribution in [0.15, 0.2) is 47.4 Å². The van der Waals surface area contributed by atoms with Crippen LogP contribution in [0.2, 0.25) is 0 Å². The van der Waals surface area contributed by atoms with Gasteiger partial charge in [0, 0.05) is 26.2 Å². The average Bonchev–Trinajstić information content (AvgIpc) is 2.82. The standard InChI is InChI=1S/C24H30N2O7S/c1-17(2)33-21-10-7-19(15-22(21)31-4)24(28)32-16-23(27)25-11-13-26(14-12-25)34(29,30)20-8-5-18(3)6-9-20/h5-10,15,17H,11-14,16H2,1-4H3. The van der Waals surface area contributed by atoms with Crippen molar-refractivity contribution < 1.29 is 32.2 Å². The maximum atomic E-state index is 12.8. The minimum Gasteiger partial charge on any atom is -0.493 e. The smallest absolute Gasteiger partial charge is 0.338 e. The van der Waals surface area contributed by atoms with Crippen LogP contribution >= 0.6 is 0 Å². The summed E-state index contributed by atoms with van der Waals surface area (Å²) in [6, 6.07) is 11.3. The fourth-order valence-electron chi connectivity index (χ4n) is 3.48. The molecule has 0 aromatic heterocycles. The highest BCUT2D eigenvalue weighted by molar-refractivity contribution is 7.89. The van der Waals surface area contributed by atoms with Gasteiger partial charge in [-0.05, 0) is 51.1 Å². The van der Waals surface area contributed by atoms with Crippen LogP contribution in [0.1, 0.15) is 29.8 Å². The third kappa shape index (κ3) is 6.06. The molecule has 1 aliphatic rings. The van der Waals surface area contributed by atoms with Crippen LogP contribution < -0.4 is 9.47 Å². The first-order valence-corrected chi connectivity index (χ1v) is 12.4. The Morgan fingerprint density at radius 2 is 1.62 bits per heavy atom. The van der Waals surface area contributed by atoms with Crippen molar-refractivity contribution in [1.29, 1.82) is 0 Å². The number of sulfonamides is 1. The fraction of sp³-hybridized carbons (Fsp3) is 0.417. The van der Waals surface area contributed by atoms with Crippen molar-refractivity contribution in [2.75, 3.05) is 39.9 Å². The zero-order chi connectivity index (χ0) is 24.9. The molecule has 2 aromatic rings. The van der Waals surface area contributed by atoms with Gasteiger partial charge in [0.15, 0.2) is 18.1 Å². The molecule has 0 bridgehead atoms. The second kappa shape index (κ2) is 10.9. The van der Waals surface area contributed by atoms with Gasteiger partial charge in [0.2, 0.25) is 10.0 Å². The lowest BCUT2D eigenvalue weighted by molar-refractivity contribution is -0.135. The number of amides is 1. The lowest BCUT2D eigenvalue weighted by Crippen LogP contribution is -2.51. The molecule has 0 atom stereocenters. The number of aryl methyl sites for hydroxylation is 1. The number of carbonyl (C=O) groups is 2. The Labute approximate surface area is 200 Å². The van der Waals surface area contributed by atoms with Gasteiger partial charge >= 0.3 is 5.97 Å². The van der Waals surface area contributed by atoms with Gasteiger partial charge in [-0.15, -0.1) is 0 Å². The lowest BCUT2D eigenvalue weighted by atomic mass is 10.2. The summed E-state index contributed by atoms with van der Waals surface area (Å²) < 4.78 is 43.1. The Kier molecular flexibility index (Phi) is 8.16.